The Morgan fingerprint density at radius 2 is 1.85 bits per heavy atom. The van der Waals surface area contributed by atoms with E-state index < -0.39 is 27.4 Å². The van der Waals surface area contributed by atoms with E-state index in [0.29, 0.717) is 48.1 Å². The van der Waals surface area contributed by atoms with Crippen molar-refractivity contribution in [1.82, 2.24) is 24.7 Å². The third-order valence-corrected chi connectivity index (χ3v) is 8.47. The summed E-state index contributed by atoms with van der Waals surface area (Å²) in [5.74, 6) is -0.403. The van der Waals surface area contributed by atoms with Crippen LogP contribution >= 0.6 is 0 Å². The molecular formula is C25H32N6O7S. The number of methoxy groups -OCH3 is 1. The number of carbonyl (C=O) groups excluding carboxylic acids is 2. The van der Waals surface area contributed by atoms with Gasteiger partial charge in [0, 0.05) is 50.0 Å². The smallest absolute Gasteiger partial charge is 0.313 e. The number of nitrogens with one attached hydrogen (secondary N) is 2. The second-order valence-electron chi connectivity index (χ2n) is 9.91. The molecule has 1 fully saturated rings. The van der Waals surface area contributed by atoms with Crippen molar-refractivity contribution in [2.24, 2.45) is 0 Å². The molecule has 0 spiro atoms. The second kappa shape index (κ2) is 11.2. The zero-order valence-corrected chi connectivity index (χ0v) is 23.3. The lowest BCUT2D eigenvalue weighted by molar-refractivity contribution is -0.137. The summed E-state index contributed by atoms with van der Waals surface area (Å²) in [5.41, 5.74) is 0.605. The first-order valence-electron chi connectivity index (χ1n) is 12.3. The lowest BCUT2D eigenvalue weighted by atomic mass is 10.0. The van der Waals surface area contributed by atoms with Gasteiger partial charge in [0.1, 0.15) is 16.3 Å². The molecule has 3 aromatic rings. The maximum atomic E-state index is 13.1. The average Bonchev–Trinajstić information content (AvgIpc) is 3.53. The molecule has 14 heteroatoms. The zero-order valence-electron chi connectivity index (χ0n) is 22.5. The Morgan fingerprint density at radius 3 is 2.44 bits per heavy atom. The molecular weight excluding hydrogens is 528 g/mol. The van der Waals surface area contributed by atoms with Crippen molar-refractivity contribution in [1.29, 1.82) is 0 Å². The fourth-order valence-corrected chi connectivity index (χ4v) is 6.29. The van der Waals surface area contributed by atoms with Crippen molar-refractivity contribution >= 4 is 27.5 Å². The number of carbonyl (C=O) groups is 2. The summed E-state index contributed by atoms with van der Waals surface area (Å²) in [6.07, 6.45) is 2.85. The van der Waals surface area contributed by atoms with Gasteiger partial charge in [0.05, 0.1) is 18.9 Å². The molecule has 2 aromatic heterocycles. The molecule has 1 aliphatic heterocycles. The Hall–Kier alpha value is -3.75. The highest BCUT2D eigenvalue weighted by Gasteiger charge is 2.35. The summed E-state index contributed by atoms with van der Waals surface area (Å²) in [7, 11) is -2.23. The van der Waals surface area contributed by atoms with Crippen LogP contribution in [0, 0.1) is 13.8 Å². The van der Waals surface area contributed by atoms with Gasteiger partial charge in [0.2, 0.25) is 10.0 Å². The number of aromatic nitrogens is 2. The maximum absolute atomic E-state index is 13.1. The Kier molecular flexibility index (Phi) is 8.09. The molecule has 2 amide bonds. The molecule has 0 unspecified atom stereocenters. The Labute approximate surface area is 226 Å². The summed E-state index contributed by atoms with van der Waals surface area (Å²) in [4.78, 5) is 31.4. The molecule has 1 saturated heterocycles. The van der Waals surface area contributed by atoms with E-state index in [1.807, 2.05) is 4.90 Å². The number of nitrogens with zero attached hydrogens (tertiary/aromatic N) is 4. The molecule has 0 bridgehead atoms. The normalized spacial score (nSPS) is 15.2. The van der Waals surface area contributed by atoms with Crippen molar-refractivity contribution in [3.05, 3.63) is 42.2 Å². The van der Waals surface area contributed by atoms with Crippen LogP contribution in [0.4, 0.5) is 5.69 Å². The molecule has 0 atom stereocenters. The first-order chi connectivity index (χ1) is 18.4. The number of piperazine rings is 1. The third kappa shape index (κ3) is 6.29. The number of benzene rings is 1. The quantitative estimate of drug-likeness (QED) is 0.389. The van der Waals surface area contributed by atoms with Crippen molar-refractivity contribution in [3.8, 4) is 17.1 Å². The van der Waals surface area contributed by atoms with Gasteiger partial charge in [-0.1, -0.05) is 5.16 Å². The van der Waals surface area contributed by atoms with E-state index in [1.54, 1.807) is 52.1 Å². The first-order valence-corrected chi connectivity index (χ1v) is 13.7. The number of aryl methyl sites for hydroxylation is 2. The van der Waals surface area contributed by atoms with Gasteiger partial charge in [-0.3, -0.25) is 14.5 Å². The van der Waals surface area contributed by atoms with Crippen LogP contribution in [-0.4, -0.2) is 85.0 Å². The lowest BCUT2D eigenvalue weighted by Gasteiger charge is -2.38. The molecule has 1 aliphatic rings. The summed E-state index contributed by atoms with van der Waals surface area (Å²) >= 11 is 0. The number of rotatable bonds is 8. The molecule has 0 aliphatic carbocycles. The number of hydrogen-bond donors (Lipinski definition) is 2. The van der Waals surface area contributed by atoms with Crippen LogP contribution in [0.3, 0.4) is 0 Å². The van der Waals surface area contributed by atoms with Crippen molar-refractivity contribution < 1.29 is 31.7 Å². The lowest BCUT2D eigenvalue weighted by Crippen LogP contribution is -2.57. The number of anilines is 1. The SMILES string of the molecule is COc1cc(NC(=O)C(=O)NC(C)(C)CN2CCN(S(=O)(=O)c3c(C)noc3C)CC2)ccc1-c1cnco1. The van der Waals surface area contributed by atoms with E-state index in [1.165, 1.54) is 17.8 Å². The van der Waals surface area contributed by atoms with Crippen LogP contribution in [0.2, 0.25) is 0 Å². The number of sulfonamides is 1. The first kappa shape index (κ1) is 28.3. The Balaban J connectivity index is 1.31. The largest absolute Gasteiger partial charge is 0.496 e. The molecule has 39 heavy (non-hydrogen) atoms. The van der Waals surface area contributed by atoms with Gasteiger partial charge in [-0.25, -0.2) is 13.4 Å². The number of ether oxygens (including phenoxy) is 1. The number of oxazole rings is 1. The Morgan fingerprint density at radius 1 is 1.13 bits per heavy atom. The predicted molar refractivity (Wildman–Crippen MR) is 141 cm³/mol. The van der Waals surface area contributed by atoms with Gasteiger partial charge < -0.3 is 24.3 Å². The molecule has 0 radical (unpaired) electrons. The van der Waals surface area contributed by atoms with Gasteiger partial charge in [-0.15, -0.1) is 0 Å². The molecule has 0 saturated carbocycles. The van der Waals surface area contributed by atoms with Crippen LogP contribution < -0.4 is 15.4 Å². The van der Waals surface area contributed by atoms with Crippen LogP contribution in [0.5, 0.6) is 5.75 Å². The van der Waals surface area contributed by atoms with E-state index >= 15 is 0 Å². The second-order valence-corrected chi connectivity index (χ2v) is 11.8. The molecule has 2 N–H and O–H groups in total. The highest BCUT2D eigenvalue weighted by Crippen LogP contribution is 2.32. The average molecular weight is 561 g/mol. The summed E-state index contributed by atoms with van der Waals surface area (Å²) < 4.78 is 43.3. The highest BCUT2D eigenvalue weighted by molar-refractivity contribution is 7.89. The number of amides is 2. The molecule has 210 valence electrons. The number of hydrogen-bond acceptors (Lipinski definition) is 10. The van der Waals surface area contributed by atoms with Crippen LogP contribution in [0.1, 0.15) is 25.3 Å². The topological polar surface area (TPSA) is 160 Å². The van der Waals surface area contributed by atoms with E-state index in [9.17, 15) is 18.0 Å². The minimum absolute atomic E-state index is 0.111. The van der Waals surface area contributed by atoms with E-state index in [0.717, 1.165) is 0 Å². The fourth-order valence-electron chi connectivity index (χ4n) is 4.57. The summed E-state index contributed by atoms with van der Waals surface area (Å²) in [6, 6.07) is 4.92. The summed E-state index contributed by atoms with van der Waals surface area (Å²) in [5, 5.41) is 9.10. The predicted octanol–water partition coefficient (Wildman–Crippen LogP) is 1.79. The standard InChI is InChI=1S/C25H32N6O7S/c1-16-22(17(2)38-29-16)39(34,35)31-10-8-30(9-11-31)14-25(3,4)28-24(33)23(32)27-18-6-7-19(20(12-18)36-5)21-13-26-15-37-21/h6-7,12-13,15H,8-11,14H2,1-5H3,(H,27,32)(H,28,33). The van der Waals surface area contributed by atoms with Gasteiger partial charge >= 0.3 is 11.8 Å². The highest BCUT2D eigenvalue weighted by atomic mass is 32.2. The van der Waals surface area contributed by atoms with E-state index in [2.05, 4.69) is 20.8 Å². The minimum Gasteiger partial charge on any atom is -0.496 e. The van der Waals surface area contributed by atoms with Gasteiger partial charge in [0.15, 0.2) is 17.9 Å². The molecule has 3 heterocycles. The van der Waals surface area contributed by atoms with Crippen molar-refractivity contribution in [2.75, 3.05) is 45.2 Å². The summed E-state index contributed by atoms with van der Waals surface area (Å²) in [6.45, 7) is 8.70. The van der Waals surface area contributed by atoms with Gasteiger partial charge in [-0.2, -0.15) is 4.31 Å². The molecule has 13 nitrogen and oxygen atoms in total. The van der Waals surface area contributed by atoms with Crippen LogP contribution in [0.25, 0.3) is 11.3 Å². The van der Waals surface area contributed by atoms with Crippen LogP contribution in [0.15, 0.2) is 44.6 Å². The van der Waals surface area contributed by atoms with Crippen LogP contribution in [-0.2, 0) is 19.6 Å². The van der Waals surface area contributed by atoms with Crippen molar-refractivity contribution in [2.45, 2.75) is 38.1 Å². The maximum Gasteiger partial charge on any atom is 0.313 e. The van der Waals surface area contributed by atoms with E-state index in [4.69, 9.17) is 13.7 Å². The van der Waals surface area contributed by atoms with Crippen molar-refractivity contribution in [3.63, 3.8) is 0 Å². The minimum atomic E-state index is -3.72. The Bertz CT molecular complexity index is 1420. The molecule has 1 aromatic carbocycles. The zero-order chi connectivity index (χ0) is 28.4. The van der Waals surface area contributed by atoms with Gasteiger partial charge in [-0.05, 0) is 39.8 Å². The molecule has 4 rings (SSSR count). The van der Waals surface area contributed by atoms with Gasteiger partial charge in [0.25, 0.3) is 0 Å². The van der Waals surface area contributed by atoms with E-state index in [-0.39, 0.29) is 23.7 Å². The fraction of sp³-hybridized carbons (Fsp3) is 0.440. The monoisotopic (exact) mass is 560 g/mol. The third-order valence-electron chi connectivity index (χ3n) is 6.33.